The van der Waals surface area contributed by atoms with Crippen LogP contribution >= 0.6 is 0 Å². The van der Waals surface area contributed by atoms with Crippen LogP contribution in [0.4, 0.5) is 0 Å². The molecule has 3 N–H and O–H groups in total. The third-order valence-electron chi connectivity index (χ3n) is 12.4. The second-order valence-electron chi connectivity index (χ2n) is 17.9. The zero-order valence-electron chi connectivity index (χ0n) is 47.0. The minimum atomic E-state index is -2.79. The second-order valence-corrected chi connectivity index (χ2v) is 23.4. The molecule has 0 bridgehead atoms. The van der Waals surface area contributed by atoms with Crippen LogP contribution in [0, 0.1) is 0 Å². The van der Waals surface area contributed by atoms with Crippen LogP contribution < -0.4 is 11.1 Å². The van der Waals surface area contributed by atoms with Crippen molar-refractivity contribution in [3.8, 4) is 44.8 Å². The van der Waals surface area contributed by atoms with Gasteiger partial charge in [-0.25, -0.2) is 24.0 Å². The summed E-state index contributed by atoms with van der Waals surface area (Å²) in [4.78, 5) is 65.0. The molecule has 5 heterocycles. The summed E-state index contributed by atoms with van der Waals surface area (Å²) in [5.41, 5.74) is 12.0. The fraction of sp³-hybridized carbons (Fsp3) is 0.345. The van der Waals surface area contributed by atoms with Gasteiger partial charge in [0.05, 0.1) is 0 Å². The largest absolute Gasteiger partial charge is 0.500 e. The zero-order valence-corrected chi connectivity index (χ0v) is 49.0. The molecule has 0 aliphatic carbocycles. The number of pyridine rings is 2. The van der Waals surface area contributed by atoms with Gasteiger partial charge in [0, 0.05) is 93.4 Å². The van der Waals surface area contributed by atoms with Crippen LogP contribution in [0.2, 0.25) is 12.1 Å². The Bertz CT molecular complexity index is 3270. The molecule has 9 rings (SSSR count). The quantitative estimate of drug-likeness (QED) is 0.0290. The van der Waals surface area contributed by atoms with Crippen molar-refractivity contribution in [3.05, 3.63) is 133 Å². The van der Waals surface area contributed by atoms with Gasteiger partial charge in [-0.05, 0) is 92.7 Å². The average Bonchev–Trinajstić information content (AvgIpc) is 4.19. The molecule has 432 valence electrons. The summed E-state index contributed by atoms with van der Waals surface area (Å²) in [6, 6.07) is 38.6. The fourth-order valence-corrected chi connectivity index (χ4v) is 14.3. The van der Waals surface area contributed by atoms with Crippen LogP contribution in [-0.2, 0) is 41.0 Å². The maximum absolute atomic E-state index is 13.6. The first kappa shape index (κ1) is 61.8. The maximum atomic E-state index is 13.6. The van der Waals surface area contributed by atoms with Crippen molar-refractivity contribution in [2.24, 2.45) is 5.73 Å². The molecule has 0 spiro atoms. The van der Waals surface area contributed by atoms with Crippen LogP contribution in [0.25, 0.3) is 66.8 Å². The molecule has 8 aromatic rings. The number of fused-ring (bicyclic) bond motifs is 2. The lowest BCUT2D eigenvalue weighted by Crippen LogP contribution is -2.46. The summed E-state index contributed by atoms with van der Waals surface area (Å²) in [6.07, 6.45) is 1.52. The predicted octanol–water partition coefficient (Wildman–Crippen LogP) is 9.68. The molecule has 4 aromatic heterocycles. The Morgan fingerprint density at radius 2 is 0.866 bits per heavy atom. The van der Waals surface area contributed by atoms with Crippen molar-refractivity contribution in [3.63, 3.8) is 0 Å². The fourth-order valence-electron chi connectivity index (χ4n) is 9.04. The number of nitrogens with one attached hydrogen (secondary N) is 1. The number of amides is 3. The Morgan fingerprint density at radius 3 is 1.26 bits per heavy atom. The summed E-state index contributed by atoms with van der Waals surface area (Å²) in [6.45, 7) is 16.2. The number of imide groups is 1. The molecule has 1 fully saturated rings. The van der Waals surface area contributed by atoms with Gasteiger partial charge >= 0.3 is 23.6 Å². The van der Waals surface area contributed by atoms with Gasteiger partial charge in [-0.3, -0.25) is 14.4 Å². The number of carbonyl (C=O) groups excluding carboxylic acids is 4. The standard InChI is InChI=1S/C27H32N4O5Si.C22H14N4O5.C9H23NO3Si/c1-4-33-37(34-5-2,35-6-3)19-13-18-28-27(32)25-22(20-14-9-7-10-15-20)24-26(31-36-30-24)23(29-25)21-16-11-8-12-17-21;27-15-11-12-16(28)26(15)30-22(29)20-17(13-7-3-1-4-8-13)19-21(25-31-24-19)18(23-20)14-9-5-2-6-10-14;1-4-11-14(12-5-2,13-6-3)9-7-8-10/h7-12,14-17H,4-6,13,18-19H2,1-3H3,(H,28,32);1-10H,11-12H2;4-10H2,1-3H3. The Morgan fingerprint density at radius 1 is 0.512 bits per heavy atom. The molecule has 0 unspecified atom stereocenters. The molecule has 0 atom stereocenters. The van der Waals surface area contributed by atoms with Crippen molar-refractivity contribution in [1.82, 2.24) is 41.0 Å². The van der Waals surface area contributed by atoms with Crippen molar-refractivity contribution in [2.75, 3.05) is 52.7 Å². The number of nitrogens with zero attached hydrogens (tertiary/aromatic N) is 7. The molecule has 1 aliphatic rings. The average molecular weight is 1160 g/mol. The van der Waals surface area contributed by atoms with E-state index < -0.39 is 35.4 Å². The first-order valence-electron chi connectivity index (χ1n) is 27.4. The summed E-state index contributed by atoms with van der Waals surface area (Å²) in [5.74, 6) is -2.42. The smallest absolute Gasteiger partial charge is 0.374 e. The van der Waals surface area contributed by atoms with E-state index in [0.717, 1.165) is 23.6 Å². The van der Waals surface area contributed by atoms with E-state index in [2.05, 4.69) is 30.9 Å². The SMILES string of the molecule is CCO[Si](CCCN)(OCC)OCC.CCO[Si](CCCNC(=O)c1nc(-c2ccccc2)c2nonc2c1-c1ccccc1)(OCC)OCC.O=C(ON1C(=O)CCC1=O)c1nc(-c2ccccc2)c2nonc2c1-c1ccccc1. The Balaban J connectivity index is 0.000000194. The van der Waals surface area contributed by atoms with Crippen LogP contribution in [0.15, 0.2) is 131 Å². The number of hydrogen-bond donors (Lipinski definition) is 2. The van der Waals surface area contributed by atoms with Gasteiger partial charge in [0.15, 0.2) is 16.7 Å². The number of hydrogen-bond acceptors (Lipinski definition) is 20. The summed E-state index contributed by atoms with van der Waals surface area (Å²) < 4.78 is 44.8. The minimum absolute atomic E-state index is 0.00735. The molecular formula is C58H69N9O13Si2. The van der Waals surface area contributed by atoms with E-state index in [0.29, 0.717) is 126 Å². The topological polar surface area (TPSA) is 278 Å². The molecule has 82 heavy (non-hydrogen) atoms. The highest BCUT2D eigenvalue weighted by Crippen LogP contribution is 2.37. The highest BCUT2D eigenvalue weighted by atomic mass is 28.4. The first-order chi connectivity index (χ1) is 40.0. The lowest BCUT2D eigenvalue weighted by Gasteiger charge is -2.28. The van der Waals surface area contributed by atoms with Gasteiger partial charge < -0.3 is 42.4 Å². The van der Waals surface area contributed by atoms with Gasteiger partial charge in [0.1, 0.15) is 28.1 Å². The van der Waals surface area contributed by atoms with Gasteiger partial charge in [-0.1, -0.05) is 121 Å². The van der Waals surface area contributed by atoms with E-state index in [-0.39, 0.29) is 30.1 Å². The lowest BCUT2D eigenvalue weighted by atomic mass is 9.99. The van der Waals surface area contributed by atoms with Gasteiger partial charge in [0.25, 0.3) is 17.7 Å². The molecule has 22 nitrogen and oxygen atoms in total. The van der Waals surface area contributed by atoms with Crippen LogP contribution in [0.3, 0.4) is 0 Å². The summed E-state index contributed by atoms with van der Waals surface area (Å²) >= 11 is 0. The minimum Gasteiger partial charge on any atom is -0.374 e. The number of benzene rings is 4. The van der Waals surface area contributed by atoms with Gasteiger partial charge in [0.2, 0.25) is 0 Å². The zero-order chi connectivity index (χ0) is 58.3. The monoisotopic (exact) mass is 1160 g/mol. The van der Waals surface area contributed by atoms with E-state index in [4.69, 9.17) is 51.4 Å². The molecule has 1 aliphatic heterocycles. The van der Waals surface area contributed by atoms with E-state index in [1.165, 1.54) is 0 Å². The van der Waals surface area contributed by atoms with E-state index in [1.54, 1.807) is 36.4 Å². The third kappa shape index (κ3) is 15.4. The van der Waals surface area contributed by atoms with Crippen molar-refractivity contribution < 1.29 is 59.8 Å². The number of rotatable bonds is 26. The van der Waals surface area contributed by atoms with Crippen LogP contribution in [0.5, 0.6) is 0 Å². The van der Waals surface area contributed by atoms with Crippen molar-refractivity contribution in [1.29, 1.82) is 0 Å². The Kier molecular flexibility index (Phi) is 23.3. The number of nitrogens with two attached hydrogens (primary N) is 1. The highest BCUT2D eigenvalue weighted by molar-refractivity contribution is 6.61. The first-order valence-corrected chi connectivity index (χ1v) is 31.3. The molecule has 3 amide bonds. The predicted molar refractivity (Wildman–Crippen MR) is 309 cm³/mol. The van der Waals surface area contributed by atoms with E-state index >= 15 is 0 Å². The van der Waals surface area contributed by atoms with Crippen LogP contribution in [-0.4, -0.2) is 130 Å². The lowest BCUT2D eigenvalue weighted by molar-refractivity contribution is -0.172. The van der Waals surface area contributed by atoms with E-state index in [9.17, 15) is 19.2 Å². The second kappa shape index (κ2) is 30.9. The van der Waals surface area contributed by atoms with Gasteiger partial charge in [-0.15, -0.1) is 5.06 Å². The van der Waals surface area contributed by atoms with Crippen molar-refractivity contribution >= 4 is 63.4 Å². The Hall–Kier alpha value is -7.79. The Labute approximate surface area is 477 Å². The summed E-state index contributed by atoms with van der Waals surface area (Å²) in [7, 11) is -5.18. The van der Waals surface area contributed by atoms with E-state index in [1.807, 2.05) is 126 Å². The number of hydroxylamine groups is 2. The molecule has 0 saturated carbocycles. The highest BCUT2D eigenvalue weighted by Gasteiger charge is 2.41. The third-order valence-corrected chi connectivity index (χ3v) is 18.7. The molecule has 0 radical (unpaired) electrons. The summed E-state index contributed by atoms with van der Waals surface area (Å²) in [5, 5.41) is 19.8. The number of aromatic nitrogens is 6. The molecular weight excluding hydrogens is 1090 g/mol. The molecule has 4 aromatic carbocycles. The van der Waals surface area contributed by atoms with Gasteiger partial charge in [-0.2, -0.15) is 0 Å². The molecule has 1 saturated heterocycles. The molecule has 24 heteroatoms. The maximum Gasteiger partial charge on any atom is 0.500 e. The van der Waals surface area contributed by atoms with Crippen LogP contribution in [0.1, 0.15) is 88.2 Å². The number of carbonyl (C=O) groups is 4. The van der Waals surface area contributed by atoms with Crippen molar-refractivity contribution in [2.45, 2.75) is 79.3 Å². The normalized spacial score (nSPS) is 12.5.